The van der Waals surface area contributed by atoms with Crippen molar-refractivity contribution in [2.75, 3.05) is 32.8 Å². The number of aromatic amines is 1. The zero-order chi connectivity index (χ0) is 16.5. The maximum absolute atomic E-state index is 13.8. The average Bonchev–Trinajstić information content (AvgIpc) is 2.99. The number of hydrogen-bond donors (Lipinski definition) is 1. The first kappa shape index (κ1) is 16.0. The minimum absolute atomic E-state index is 0.254. The smallest absolute Gasteiger partial charge is 0.151 e. The van der Waals surface area contributed by atoms with E-state index in [9.17, 15) is 4.39 Å². The number of nitrogens with one attached hydrogen (secondary N) is 1. The van der Waals surface area contributed by atoms with Gasteiger partial charge < -0.3 is 9.72 Å². The molecule has 0 saturated carbocycles. The van der Waals surface area contributed by atoms with Gasteiger partial charge in [0.15, 0.2) is 5.82 Å². The predicted octanol–water partition coefficient (Wildman–Crippen LogP) is 2.39. The van der Waals surface area contributed by atoms with Gasteiger partial charge in [-0.1, -0.05) is 6.07 Å². The highest BCUT2D eigenvalue weighted by atomic mass is 19.1. The lowest BCUT2D eigenvalue weighted by Crippen LogP contribution is -2.50. The summed E-state index contributed by atoms with van der Waals surface area (Å²) in [5, 5.41) is 0. The van der Waals surface area contributed by atoms with Gasteiger partial charge in [-0.05, 0) is 31.9 Å². The largest absolute Gasteiger partial charge is 0.376 e. The molecule has 2 fully saturated rings. The number of H-pyrrole nitrogens is 1. The summed E-state index contributed by atoms with van der Waals surface area (Å²) in [5.41, 5.74) is 1.23. The molecule has 130 valence electrons. The van der Waals surface area contributed by atoms with Crippen LogP contribution in [0.2, 0.25) is 0 Å². The fraction of sp³-hybridized carbons (Fsp3) is 0.611. The van der Waals surface area contributed by atoms with Gasteiger partial charge in [-0.2, -0.15) is 0 Å². The van der Waals surface area contributed by atoms with Crippen molar-refractivity contribution in [3.63, 3.8) is 0 Å². The van der Waals surface area contributed by atoms with Gasteiger partial charge in [0.05, 0.1) is 24.8 Å². The second-order valence-electron chi connectivity index (χ2n) is 7.00. The summed E-state index contributed by atoms with van der Waals surface area (Å²) in [6.07, 6.45) is 2.71. The summed E-state index contributed by atoms with van der Waals surface area (Å²) in [6, 6.07) is 5.72. The topological polar surface area (TPSA) is 44.4 Å². The highest BCUT2D eigenvalue weighted by Gasteiger charge is 2.28. The van der Waals surface area contributed by atoms with E-state index in [2.05, 4.69) is 26.7 Å². The summed E-state index contributed by atoms with van der Waals surface area (Å²) in [6.45, 7) is 8.01. The first-order valence-electron chi connectivity index (χ1n) is 8.90. The minimum Gasteiger partial charge on any atom is -0.376 e. The molecule has 4 rings (SSSR count). The molecule has 2 saturated heterocycles. The lowest BCUT2D eigenvalue weighted by molar-refractivity contribution is -0.0438. The van der Waals surface area contributed by atoms with Crippen LogP contribution in [0.25, 0.3) is 11.0 Å². The first-order chi connectivity index (χ1) is 11.7. The monoisotopic (exact) mass is 332 g/mol. The number of imidazole rings is 1. The van der Waals surface area contributed by atoms with Crippen LogP contribution in [0, 0.1) is 5.82 Å². The normalized spacial score (nSPS) is 24.7. The molecule has 1 unspecified atom stereocenters. The third-order valence-corrected chi connectivity index (χ3v) is 5.23. The van der Waals surface area contributed by atoms with Crippen molar-refractivity contribution < 1.29 is 9.13 Å². The average molecular weight is 332 g/mol. The Morgan fingerprint density at radius 3 is 2.88 bits per heavy atom. The molecule has 0 radical (unpaired) electrons. The first-order valence-corrected chi connectivity index (χ1v) is 8.90. The summed E-state index contributed by atoms with van der Waals surface area (Å²) >= 11 is 0. The SMILES string of the molecule is CC1CN(C2CCN(Cc3nc4c(F)cccc4[nH]3)CC2)CCO1. The van der Waals surface area contributed by atoms with E-state index in [1.165, 1.54) is 18.9 Å². The molecule has 0 aliphatic carbocycles. The van der Waals surface area contributed by atoms with Crippen LogP contribution in [-0.4, -0.2) is 64.7 Å². The van der Waals surface area contributed by atoms with Crippen molar-refractivity contribution in [2.45, 2.75) is 38.5 Å². The molecule has 5 nitrogen and oxygen atoms in total. The summed E-state index contributed by atoms with van der Waals surface area (Å²) < 4.78 is 19.4. The molecule has 1 aromatic heterocycles. The number of piperidine rings is 1. The lowest BCUT2D eigenvalue weighted by Gasteiger charge is -2.41. The Bertz CT molecular complexity index is 695. The molecule has 1 atom stereocenters. The fourth-order valence-corrected chi connectivity index (χ4v) is 3.95. The van der Waals surface area contributed by atoms with Crippen LogP contribution in [-0.2, 0) is 11.3 Å². The minimum atomic E-state index is -0.254. The summed E-state index contributed by atoms with van der Waals surface area (Å²) in [7, 11) is 0. The number of rotatable bonds is 3. The van der Waals surface area contributed by atoms with Crippen molar-refractivity contribution in [3.8, 4) is 0 Å². The Morgan fingerprint density at radius 2 is 2.12 bits per heavy atom. The van der Waals surface area contributed by atoms with Gasteiger partial charge in [0.25, 0.3) is 0 Å². The molecule has 2 aliphatic heterocycles. The standard InChI is InChI=1S/C18H25FN4O/c1-13-11-23(9-10-24-13)14-5-7-22(8-6-14)12-17-20-16-4-2-3-15(19)18(16)21-17/h2-4,13-14H,5-12H2,1H3,(H,20,21). The number of ether oxygens (including phenoxy) is 1. The van der Waals surface area contributed by atoms with Crippen molar-refractivity contribution in [2.24, 2.45) is 0 Å². The molecule has 0 amide bonds. The fourth-order valence-electron chi connectivity index (χ4n) is 3.95. The highest BCUT2D eigenvalue weighted by molar-refractivity contribution is 5.75. The van der Waals surface area contributed by atoms with Crippen LogP contribution in [0.1, 0.15) is 25.6 Å². The van der Waals surface area contributed by atoms with Gasteiger partial charge in [-0.25, -0.2) is 9.37 Å². The number of likely N-dealkylation sites (tertiary alicyclic amines) is 1. The summed E-state index contributed by atoms with van der Waals surface area (Å²) in [5.74, 6) is 0.601. The van der Waals surface area contributed by atoms with Crippen LogP contribution in [0.5, 0.6) is 0 Å². The number of fused-ring (bicyclic) bond motifs is 1. The van der Waals surface area contributed by atoms with Gasteiger partial charge in [-0.15, -0.1) is 0 Å². The van der Waals surface area contributed by atoms with Crippen LogP contribution in [0.4, 0.5) is 4.39 Å². The number of hydrogen-bond acceptors (Lipinski definition) is 4. The third kappa shape index (κ3) is 3.31. The molecule has 0 spiro atoms. The molecule has 6 heteroatoms. The highest BCUT2D eigenvalue weighted by Crippen LogP contribution is 2.21. The zero-order valence-corrected chi connectivity index (χ0v) is 14.2. The predicted molar refractivity (Wildman–Crippen MR) is 91.3 cm³/mol. The Hall–Kier alpha value is -1.50. The number of aromatic nitrogens is 2. The van der Waals surface area contributed by atoms with E-state index < -0.39 is 0 Å². The van der Waals surface area contributed by atoms with Gasteiger partial charge in [-0.3, -0.25) is 9.80 Å². The Morgan fingerprint density at radius 1 is 1.29 bits per heavy atom. The summed E-state index contributed by atoms with van der Waals surface area (Å²) in [4.78, 5) is 12.7. The van der Waals surface area contributed by atoms with Crippen molar-refractivity contribution in [3.05, 3.63) is 29.8 Å². The van der Waals surface area contributed by atoms with Crippen LogP contribution in [0.3, 0.4) is 0 Å². The van der Waals surface area contributed by atoms with Crippen molar-refractivity contribution in [1.29, 1.82) is 0 Å². The quantitative estimate of drug-likeness (QED) is 0.937. The number of para-hydroxylation sites is 1. The molecule has 0 bridgehead atoms. The lowest BCUT2D eigenvalue weighted by atomic mass is 10.0. The molecular weight excluding hydrogens is 307 g/mol. The van der Waals surface area contributed by atoms with Gasteiger partial charge in [0.2, 0.25) is 0 Å². The zero-order valence-electron chi connectivity index (χ0n) is 14.2. The maximum atomic E-state index is 13.8. The van der Waals surface area contributed by atoms with Gasteiger partial charge >= 0.3 is 0 Å². The van der Waals surface area contributed by atoms with Gasteiger partial charge in [0.1, 0.15) is 11.3 Å². The molecular formula is C18H25FN4O. The number of halogens is 1. The molecule has 1 N–H and O–H groups in total. The molecule has 3 heterocycles. The molecule has 2 aromatic rings. The number of nitrogens with zero attached hydrogens (tertiary/aromatic N) is 3. The Labute approximate surface area is 141 Å². The van der Waals surface area contributed by atoms with E-state index in [0.29, 0.717) is 17.7 Å². The van der Waals surface area contributed by atoms with Gasteiger partial charge in [0, 0.05) is 32.2 Å². The molecule has 24 heavy (non-hydrogen) atoms. The third-order valence-electron chi connectivity index (χ3n) is 5.23. The second-order valence-corrected chi connectivity index (χ2v) is 7.00. The number of benzene rings is 1. The van der Waals surface area contributed by atoms with E-state index in [0.717, 1.165) is 50.7 Å². The van der Waals surface area contributed by atoms with E-state index >= 15 is 0 Å². The second kappa shape index (κ2) is 6.78. The van der Waals surface area contributed by atoms with E-state index in [-0.39, 0.29) is 5.82 Å². The van der Waals surface area contributed by atoms with Crippen LogP contribution in [0.15, 0.2) is 18.2 Å². The Balaban J connectivity index is 1.34. The van der Waals surface area contributed by atoms with E-state index in [1.54, 1.807) is 6.07 Å². The van der Waals surface area contributed by atoms with E-state index in [4.69, 9.17) is 4.74 Å². The molecule has 1 aromatic carbocycles. The van der Waals surface area contributed by atoms with Crippen molar-refractivity contribution in [1.82, 2.24) is 19.8 Å². The van der Waals surface area contributed by atoms with Crippen molar-refractivity contribution >= 4 is 11.0 Å². The maximum Gasteiger partial charge on any atom is 0.151 e. The number of morpholine rings is 1. The Kier molecular flexibility index (Phi) is 4.52. The van der Waals surface area contributed by atoms with E-state index in [1.807, 2.05) is 6.07 Å². The van der Waals surface area contributed by atoms with Crippen LogP contribution < -0.4 is 0 Å². The molecule has 2 aliphatic rings. The van der Waals surface area contributed by atoms with Crippen LogP contribution >= 0.6 is 0 Å².